The Kier molecular flexibility index (Phi) is 5.19. The smallest absolute Gasteiger partial charge is 0.191 e. The average molecular weight is 456 g/mol. The highest BCUT2D eigenvalue weighted by Gasteiger charge is 2.59. The lowest BCUT2D eigenvalue weighted by Gasteiger charge is -2.54. The van der Waals surface area contributed by atoms with Crippen LogP contribution in [0.3, 0.4) is 0 Å². The van der Waals surface area contributed by atoms with Crippen molar-refractivity contribution >= 4 is 35.6 Å². The molecule has 1 saturated carbocycles. The molecule has 2 aliphatic rings. The topological polar surface area (TPSA) is 75.8 Å². The molecule has 2 aromatic heterocycles. The summed E-state index contributed by atoms with van der Waals surface area (Å²) < 4.78 is 7.84. The van der Waals surface area contributed by atoms with E-state index in [4.69, 9.17) is 4.74 Å². The number of fused-ring (bicyclic) bond motifs is 2. The van der Waals surface area contributed by atoms with Gasteiger partial charge in [-0.15, -0.1) is 34.2 Å². The zero-order valence-corrected chi connectivity index (χ0v) is 17.1. The van der Waals surface area contributed by atoms with Crippen LogP contribution in [0.4, 0.5) is 0 Å². The van der Waals surface area contributed by atoms with E-state index in [-0.39, 0.29) is 29.4 Å². The first-order valence-electron chi connectivity index (χ1n) is 8.48. The number of nitrogens with zero attached hydrogens (tertiary/aromatic N) is 4. The normalized spacial score (nSPS) is 27.3. The number of nitrogens with one attached hydrogen (secondary N) is 2. The molecule has 0 aromatic carbocycles. The maximum Gasteiger partial charge on any atom is 0.191 e. The van der Waals surface area contributed by atoms with Crippen LogP contribution in [0.1, 0.15) is 26.1 Å². The van der Waals surface area contributed by atoms with Gasteiger partial charge in [0.25, 0.3) is 0 Å². The van der Waals surface area contributed by atoms with Gasteiger partial charge in [-0.2, -0.15) is 0 Å². The molecular formula is C17H25IN6O. The lowest BCUT2D eigenvalue weighted by molar-refractivity contribution is -0.106. The van der Waals surface area contributed by atoms with E-state index >= 15 is 0 Å². The second-order valence-electron chi connectivity index (χ2n) is 7.16. The summed E-state index contributed by atoms with van der Waals surface area (Å²) in [6.07, 6.45) is 3.46. The molecular weight excluding hydrogens is 431 g/mol. The third kappa shape index (κ3) is 3.10. The molecule has 3 atom stereocenters. The SMILES string of the molecule is CN=C(NCc1nnc2ccccn12)NC1C2CCOC2C1(C)C.I. The van der Waals surface area contributed by atoms with Crippen LogP contribution in [0.15, 0.2) is 29.4 Å². The zero-order valence-electron chi connectivity index (χ0n) is 14.8. The van der Waals surface area contributed by atoms with E-state index in [2.05, 4.69) is 39.7 Å². The van der Waals surface area contributed by atoms with Crippen molar-refractivity contribution in [2.75, 3.05) is 13.7 Å². The second-order valence-corrected chi connectivity index (χ2v) is 7.16. The number of aromatic nitrogens is 3. The highest BCUT2D eigenvalue weighted by atomic mass is 127. The van der Waals surface area contributed by atoms with Crippen LogP contribution in [0, 0.1) is 11.3 Å². The summed E-state index contributed by atoms with van der Waals surface area (Å²) >= 11 is 0. The van der Waals surface area contributed by atoms with Crippen LogP contribution in [-0.2, 0) is 11.3 Å². The van der Waals surface area contributed by atoms with E-state index in [1.807, 2.05) is 28.8 Å². The van der Waals surface area contributed by atoms with E-state index in [1.54, 1.807) is 7.05 Å². The molecule has 0 amide bonds. The molecule has 2 N–H and O–H groups in total. The lowest BCUT2D eigenvalue weighted by atomic mass is 9.57. The van der Waals surface area contributed by atoms with Crippen LogP contribution in [0.2, 0.25) is 0 Å². The fraction of sp³-hybridized carbons (Fsp3) is 0.588. The molecule has 0 spiro atoms. The number of rotatable bonds is 3. The summed E-state index contributed by atoms with van der Waals surface area (Å²) in [7, 11) is 1.80. The fourth-order valence-corrected chi connectivity index (χ4v) is 4.13. The van der Waals surface area contributed by atoms with Gasteiger partial charge in [0, 0.05) is 37.2 Å². The van der Waals surface area contributed by atoms with E-state index in [0.717, 1.165) is 30.5 Å². The summed E-state index contributed by atoms with van der Waals surface area (Å²) in [5.74, 6) is 2.24. The van der Waals surface area contributed by atoms with Gasteiger partial charge < -0.3 is 15.4 Å². The van der Waals surface area contributed by atoms with Crippen molar-refractivity contribution in [3.63, 3.8) is 0 Å². The van der Waals surface area contributed by atoms with Crippen molar-refractivity contribution in [3.05, 3.63) is 30.2 Å². The third-order valence-electron chi connectivity index (χ3n) is 5.41. The predicted molar refractivity (Wildman–Crippen MR) is 107 cm³/mol. The Morgan fingerprint density at radius 3 is 3.04 bits per heavy atom. The quantitative estimate of drug-likeness (QED) is 0.419. The molecule has 2 aromatic rings. The van der Waals surface area contributed by atoms with Crippen molar-refractivity contribution in [1.29, 1.82) is 0 Å². The number of halogens is 1. The third-order valence-corrected chi connectivity index (χ3v) is 5.41. The number of ether oxygens (including phenoxy) is 1. The second kappa shape index (κ2) is 7.06. The number of guanidine groups is 1. The summed E-state index contributed by atoms with van der Waals surface area (Å²) in [6, 6.07) is 6.26. The van der Waals surface area contributed by atoms with Crippen molar-refractivity contribution in [3.8, 4) is 0 Å². The Morgan fingerprint density at radius 2 is 2.24 bits per heavy atom. The van der Waals surface area contributed by atoms with Crippen LogP contribution < -0.4 is 10.6 Å². The predicted octanol–water partition coefficient (Wildman–Crippen LogP) is 1.83. The van der Waals surface area contributed by atoms with Crippen molar-refractivity contribution in [2.24, 2.45) is 16.3 Å². The van der Waals surface area contributed by atoms with Gasteiger partial charge in [0.2, 0.25) is 0 Å². The molecule has 8 heteroatoms. The highest BCUT2D eigenvalue weighted by Crippen LogP contribution is 2.52. The Hall–Kier alpha value is -1.42. The minimum Gasteiger partial charge on any atom is -0.377 e. The van der Waals surface area contributed by atoms with E-state index in [0.29, 0.717) is 24.6 Å². The average Bonchev–Trinajstić information content (AvgIpc) is 3.21. The standard InChI is InChI=1S/C17H24N6O.HI/c1-17(2)14(11-7-9-24-15(11)17)20-16(18-3)19-10-13-22-21-12-6-4-5-8-23(12)13;/h4-6,8,11,14-15H,7,9-10H2,1-3H3,(H2,18,19,20);1H. The fourth-order valence-electron chi connectivity index (χ4n) is 4.13. The molecule has 136 valence electrons. The zero-order chi connectivity index (χ0) is 16.7. The largest absolute Gasteiger partial charge is 0.377 e. The maximum atomic E-state index is 5.86. The van der Waals surface area contributed by atoms with Crippen molar-refractivity contribution < 1.29 is 4.74 Å². The first-order chi connectivity index (χ1) is 11.6. The van der Waals surface area contributed by atoms with Crippen LogP contribution in [0.5, 0.6) is 0 Å². The Labute approximate surface area is 164 Å². The minimum absolute atomic E-state index is 0. The van der Waals surface area contributed by atoms with Crippen LogP contribution >= 0.6 is 24.0 Å². The monoisotopic (exact) mass is 456 g/mol. The maximum absolute atomic E-state index is 5.86. The van der Waals surface area contributed by atoms with E-state index in [1.165, 1.54) is 0 Å². The summed E-state index contributed by atoms with van der Waals surface area (Å²) in [5, 5.41) is 15.4. The van der Waals surface area contributed by atoms with Crippen LogP contribution in [0.25, 0.3) is 5.65 Å². The van der Waals surface area contributed by atoms with Gasteiger partial charge in [-0.05, 0) is 18.6 Å². The number of pyridine rings is 1. The summed E-state index contributed by atoms with van der Waals surface area (Å²) in [6.45, 7) is 5.96. The number of hydrogen-bond donors (Lipinski definition) is 2. The summed E-state index contributed by atoms with van der Waals surface area (Å²) in [5.41, 5.74) is 0.976. The van der Waals surface area contributed by atoms with Gasteiger partial charge in [0.15, 0.2) is 17.4 Å². The molecule has 3 unspecified atom stereocenters. The Balaban J connectivity index is 0.00000182. The number of aliphatic imine (C=N–C) groups is 1. The van der Waals surface area contributed by atoms with Gasteiger partial charge in [-0.3, -0.25) is 9.39 Å². The van der Waals surface area contributed by atoms with Gasteiger partial charge in [0.1, 0.15) is 0 Å². The van der Waals surface area contributed by atoms with Crippen molar-refractivity contribution in [1.82, 2.24) is 25.2 Å². The van der Waals surface area contributed by atoms with Gasteiger partial charge in [0.05, 0.1) is 12.6 Å². The molecule has 1 aliphatic heterocycles. The van der Waals surface area contributed by atoms with Crippen LogP contribution in [-0.4, -0.2) is 46.4 Å². The van der Waals surface area contributed by atoms with Gasteiger partial charge in [-0.25, -0.2) is 0 Å². The number of hydrogen-bond acceptors (Lipinski definition) is 4. The molecule has 1 saturated heterocycles. The highest BCUT2D eigenvalue weighted by molar-refractivity contribution is 14.0. The lowest BCUT2D eigenvalue weighted by Crippen LogP contribution is -2.67. The molecule has 4 rings (SSSR count). The molecule has 7 nitrogen and oxygen atoms in total. The Morgan fingerprint density at radius 1 is 1.40 bits per heavy atom. The van der Waals surface area contributed by atoms with Gasteiger partial charge >= 0.3 is 0 Å². The molecule has 3 heterocycles. The Bertz CT molecular complexity index is 773. The van der Waals surface area contributed by atoms with E-state index < -0.39 is 0 Å². The van der Waals surface area contributed by atoms with Crippen molar-refractivity contribution in [2.45, 2.75) is 39.0 Å². The molecule has 0 radical (unpaired) electrons. The summed E-state index contributed by atoms with van der Waals surface area (Å²) in [4.78, 5) is 4.37. The van der Waals surface area contributed by atoms with Gasteiger partial charge in [-0.1, -0.05) is 19.9 Å². The molecule has 25 heavy (non-hydrogen) atoms. The molecule has 0 bridgehead atoms. The first kappa shape index (κ1) is 18.4. The van der Waals surface area contributed by atoms with E-state index in [9.17, 15) is 0 Å². The first-order valence-corrected chi connectivity index (χ1v) is 8.48. The molecule has 2 fully saturated rings. The minimum atomic E-state index is 0. The molecule has 1 aliphatic carbocycles.